The summed E-state index contributed by atoms with van der Waals surface area (Å²) in [5.41, 5.74) is 0.876. The SMILES string of the molecule is CC(C)COC(=O)CS(=O)(=O)Cc1cccc(C#N)c1. The van der Waals surface area contributed by atoms with Crippen molar-refractivity contribution in [3.05, 3.63) is 35.4 Å². The van der Waals surface area contributed by atoms with Crippen molar-refractivity contribution in [2.45, 2.75) is 19.6 Å². The Bertz CT molecular complexity index is 614. The standard InChI is InChI=1S/C14H17NO4S/c1-11(2)8-19-14(16)10-20(17,18)9-13-5-3-4-12(6-13)7-15/h3-6,11H,8-10H2,1-2H3. The van der Waals surface area contributed by atoms with Crippen LogP contribution >= 0.6 is 0 Å². The molecule has 0 fully saturated rings. The lowest BCUT2D eigenvalue weighted by molar-refractivity contribution is -0.141. The second kappa shape index (κ2) is 7.06. The molecule has 0 unspecified atom stereocenters. The molecular weight excluding hydrogens is 278 g/mol. The minimum Gasteiger partial charge on any atom is -0.465 e. The summed E-state index contributed by atoms with van der Waals surface area (Å²) in [6.07, 6.45) is 0. The fourth-order valence-corrected chi connectivity index (χ4v) is 2.75. The van der Waals surface area contributed by atoms with Crippen LogP contribution in [-0.2, 0) is 25.1 Å². The zero-order chi connectivity index (χ0) is 15.2. The first kappa shape index (κ1) is 16.2. The highest BCUT2D eigenvalue weighted by Gasteiger charge is 2.19. The van der Waals surface area contributed by atoms with Gasteiger partial charge in [0.05, 0.1) is 24.0 Å². The maximum atomic E-state index is 11.9. The highest BCUT2D eigenvalue weighted by atomic mass is 32.2. The van der Waals surface area contributed by atoms with Gasteiger partial charge in [0.15, 0.2) is 9.84 Å². The molecule has 0 radical (unpaired) electrons. The molecule has 1 rings (SSSR count). The highest BCUT2D eigenvalue weighted by Crippen LogP contribution is 2.09. The van der Waals surface area contributed by atoms with Crippen LogP contribution in [0.5, 0.6) is 0 Å². The zero-order valence-electron chi connectivity index (χ0n) is 11.5. The lowest BCUT2D eigenvalue weighted by Crippen LogP contribution is -2.21. The first-order valence-corrected chi connectivity index (χ1v) is 7.99. The van der Waals surface area contributed by atoms with Crippen LogP contribution in [0.15, 0.2) is 24.3 Å². The van der Waals surface area contributed by atoms with Crippen molar-refractivity contribution < 1.29 is 17.9 Å². The second-order valence-corrected chi connectivity index (χ2v) is 6.99. The van der Waals surface area contributed by atoms with Gasteiger partial charge in [0, 0.05) is 0 Å². The van der Waals surface area contributed by atoms with Crippen molar-refractivity contribution in [1.29, 1.82) is 5.26 Å². The Hall–Kier alpha value is -1.87. The largest absolute Gasteiger partial charge is 0.465 e. The molecule has 1 aromatic carbocycles. The average Bonchev–Trinajstić information content (AvgIpc) is 2.35. The Morgan fingerprint density at radius 1 is 1.40 bits per heavy atom. The minimum atomic E-state index is -3.59. The average molecular weight is 295 g/mol. The number of sulfone groups is 1. The number of nitriles is 1. The molecule has 0 spiro atoms. The third-order valence-corrected chi connectivity index (χ3v) is 3.81. The molecule has 5 nitrogen and oxygen atoms in total. The topological polar surface area (TPSA) is 84.2 Å². The summed E-state index contributed by atoms with van der Waals surface area (Å²) in [7, 11) is -3.59. The van der Waals surface area contributed by atoms with Crippen molar-refractivity contribution in [3.63, 3.8) is 0 Å². The fraction of sp³-hybridized carbons (Fsp3) is 0.429. The normalized spacial score (nSPS) is 11.1. The molecule has 0 bridgehead atoms. The predicted molar refractivity (Wildman–Crippen MR) is 74.4 cm³/mol. The quantitative estimate of drug-likeness (QED) is 0.745. The summed E-state index contributed by atoms with van der Waals surface area (Å²) in [5.74, 6) is -1.50. The number of hydrogen-bond acceptors (Lipinski definition) is 5. The van der Waals surface area contributed by atoms with Crippen LogP contribution in [-0.4, -0.2) is 26.7 Å². The number of rotatable bonds is 6. The van der Waals surface area contributed by atoms with Crippen LogP contribution in [0.1, 0.15) is 25.0 Å². The van der Waals surface area contributed by atoms with E-state index < -0.39 is 21.6 Å². The molecule has 0 saturated carbocycles. The summed E-state index contributed by atoms with van der Waals surface area (Å²) in [6, 6.07) is 8.25. The molecule has 0 aliphatic carbocycles. The van der Waals surface area contributed by atoms with Crippen molar-refractivity contribution in [2.24, 2.45) is 5.92 Å². The van der Waals surface area contributed by atoms with Crippen molar-refractivity contribution in [1.82, 2.24) is 0 Å². The van der Waals surface area contributed by atoms with Gasteiger partial charge in [-0.1, -0.05) is 26.0 Å². The molecule has 0 aliphatic rings. The first-order chi connectivity index (χ1) is 9.32. The highest BCUT2D eigenvalue weighted by molar-refractivity contribution is 7.91. The molecule has 0 heterocycles. The molecule has 0 N–H and O–H groups in total. The molecule has 0 aromatic heterocycles. The second-order valence-electron chi connectivity index (χ2n) is 4.92. The number of carbonyl (C=O) groups is 1. The van der Waals surface area contributed by atoms with Gasteiger partial charge in [-0.2, -0.15) is 5.26 Å². The van der Waals surface area contributed by atoms with Gasteiger partial charge in [-0.3, -0.25) is 4.79 Å². The molecule has 0 saturated heterocycles. The van der Waals surface area contributed by atoms with E-state index in [1.165, 1.54) is 6.07 Å². The van der Waals surface area contributed by atoms with E-state index in [-0.39, 0.29) is 18.3 Å². The summed E-state index contributed by atoms with van der Waals surface area (Å²) in [6.45, 7) is 3.95. The van der Waals surface area contributed by atoms with Crippen LogP contribution in [0.3, 0.4) is 0 Å². The van der Waals surface area contributed by atoms with E-state index in [4.69, 9.17) is 10.00 Å². The monoisotopic (exact) mass is 295 g/mol. The van der Waals surface area contributed by atoms with Gasteiger partial charge in [0.1, 0.15) is 5.75 Å². The summed E-state index contributed by atoms with van der Waals surface area (Å²) in [5, 5.41) is 8.75. The van der Waals surface area contributed by atoms with E-state index in [0.29, 0.717) is 11.1 Å². The lowest BCUT2D eigenvalue weighted by Gasteiger charge is -2.08. The number of carbonyl (C=O) groups excluding carboxylic acids is 1. The molecule has 20 heavy (non-hydrogen) atoms. The molecule has 0 amide bonds. The smallest absolute Gasteiger partial charge is 0.321 e. The maximum Gasteiger partial charge on any atom is 0.321 e. The Balaban J connectivity index is 2.65. The third kappa shape index (κ3) is 5.85. The fourth-order valence-electron chi connectivity index (χ4n) is 1.52. The van der Waals surface area contributed by atoms with E-state index in [0.717, 1.165) is 0 Å². The van der Waals surface area contributed by atoms with Crippen LogP contribution < -0.4 is 0 Å². The van der Waals surface area contributed by atoms with E-state index in [9.17, 15) is 13.2 Å². The first-order valence-electron chi connectivity index (χ1n) is 6.17. The van der Waals surface area contributed by atoms with Crippen molar-refractivity contribution >= 4 is 15.8 Å². The van der Waals surface area contributed by atoms with Crippen molar-refractivity contribution in [3.8, 4) is 6.07 Å². The van der Waals surface area contributed by atoms with Gasteiger partial charge in [0.25, 0.3) is 0 Å². The van der Waals surface area contributed by atoms with E-state index in [2.05, 4.69) is 0 Å². The van der Waals surface area contributed by atoms with Gasteiger partial charge in [-0.05, 0) is 23.6 Å². The number of nitrogens with zero attached hydrogens (tertiary/aromatic N) is 1. The van der Waals surface area contributed by atoms with Gasteiger partial charge < -0.3 is 4.74 Å². The summed E-state index contributed by atoms with van der Waals surface area (Å²) in [4.78, 5) is 11.4. The maximum absolute atomic E-state index is 11.9. The van der Waals surface area contributed by atoms with E-state index >= 15 is 0 Å². The number of ether oxygens (including phenoxy) is 1. The third-order valence-electron chi connectivity index (χ3n) is 2.36. The van der Waals surface area contributed by atoms with E-state index in [1.54, 1.807) is 18.2 Å². The molecule has 6 heteroatoms. The molecule has 0 aliphatic heterocycles. The Kier molecular flexibility index (Phi) is 5.71. The Labute approximate surface area is 119 Å². The number of benzene rings is 1. The predicted octanol–water partition coefficient (Wildman–Crippen LogP) is 1.67. The van der Waals surface area contributed by atoms with Gasteiger partial charge in [0.2, 0.25) is 0 Å². The van der Waals surface area contributed by atoms with Crippen LogP contribution in [0, 0.1) is 17.2 Å². The number of hydrogen-bond donors (Lipinski definition) is 0. The van der Waals surface area contributed by atoms with Crippen molar-refractivity contribution in [2.75, 3.05) is 12.4 Å². The summed E-state index contributed by atoms with van der Waals surface area (Å²) >= 11 is 0. The van der Waals surface area contributed by atoms with Crippen LogP contribution in [0.2, 0.25) is 0 Å². The van der Waals surface area contributed by atoms with Crippen LogP contribution in [0.25, 0.3) is 0 Å². The minimum absolute atomic E-state index is 0.161. The molecule has 0 atom stereocenters. The van der Waals surface area contributed by atoms with Gasteiger partial charge in [-0.25, -0.2) is 8.42 Å². The van der Waals surface area contributed by atoms with Gasteiger partial charge in [-0.15, -0.1) is 0 Å². The Morgan fingerprint density at radius 3 is 2.70 bits per heavy atom. The van der Waals surface area contributed by atoms with E-state index in [1.807, 2.05) is 19.9 Å². The van der Waals surface area contributed by atoms with Crippen LogP contribution in [0.4, 0.5) is 0 Å². The molecule has 1 aromatic rings. The Morgan fingerprint density at radius 2 is 2.10 bits per heavy atom. The number of esters is 1. The van der Waals surface area contributed by atoms with Gasteiger partial charge >= 0.3 is 5.97 Å². The molecular formula is C14H17NO4S. The lowest BCUT2D eigenvalue weighted by atomic mass is 10.2. The summed E-state index contributed by atoms with van der Waals surface area (Å²) < 4.78 is 28.6. The molecule has 108 valence electrons. The zero-order valence-corrected chi connectivity index (χ0v) is 12.3.